The molecule has 1 N–H and O–H groups in total. The van der Waals surface area contributed by atoms with Crippen molar-refractivity contribution in [1.82, 2.24) is 0 Å². The number of carbonyl (C=O) groups is 1. The number of methoxy groups -OCH3 is 1. The minimum atomic E-state index is -0.497. The smallest absolute Gasteiger partial charge is 0.332 e. The summed E-state index contributed by atoms with van der Waals surface area (Å²) in [4.78, 5) is 12.1. The van der Waals surface area contributed by atoms with E-state index in [1.807, 2.05) is 56.3 Å². The molecule has 0 spiro atoms. The highest BCUT2D eigenvalue weighted by Gasteiger charge is 2.22. The molecule has 0 bridgehead atoms. The minimum Gasteiger partial charge on any atom is -0.467 e. The standard InChI is InChI=1S/C17H19NO2/c1-12-9-10-15(13(2)11-12)16(17(19)20-3)18-14-7-5-4-6-8-14/h4-11,16,18H,1-3H3. The SMILES string of the molecule is COC(=O)C(Nc1ccccc1)c1ccc(C)cc1C. The second-order valence-corrected chi connectivity index (χ2v) is 4.83. The Morgan fingerprint density at radius 2 is 1.80 bits per heavy atom. The van der Waals surface area contributed by atoms with Gasteiger partial charge in [0, 0.05) is 5.69 Å². The zero-order valence-corrected chi connectivity index (χ0v) is 12.0. The van der Waals surface area contributed by atoms with E-state index in [2.05, 4.69) is 11.4 Å². The number of rotatable bonds is 4. The van der Waals surface area contributed by atoms with Crippen molar-refractivity contribution in [2.24, 2.45) is 0 Å². The average Bonchev–Trinajstić information content (AvgIpc) is 2.46. The summed E-state index contributed by atoms with van der Waals surface area (Å²) >= 11 is 0. The molecular weight excluding hydrogens is 250 g/mol. The molecule has 0 fully saturated rings. The topological polar surface area (TPSA) is 38.3 Å². The van der Waals surface area contributed by atoms with E-state index in [0.717, 1.165) is 16.8 Å². The molecule has 0 saturated heterocycles. The van der Waals surface area contributed by atoms with Crippen molar-refractivity contribution in [3.63, 3.8) is 0 Å². The highest BCUT2D eigenvalue weighted by Crippen LogP contribution is 2.24. The van der Waals surface area contributed by atoms with Crippen molar-refractivity contribution in [3.05, 3.63) is 65.2 Å². The molecule has 104 valence electrons. The van der Waals surface area contributed by atoms with Gasteiger partial charge in [-0.25, -0.2) is 4.79 Å². The summed E-state index contributed by atoms with van der Waals surface area (Å²) in [7, 11) is 1.41. The number of ether oxygens (including phenoxy) is 1. The fourth-order valence-corrected chi connectivity index (χ4v) is 2.23. The van der Waals surface area contributed by atoms with Gasteiger partial charge in [0.15, 0.2) is 6.04 Å². The van der Waals surface area contributed by atoms with Crippen LogP contribution in [0, 0.1) is 13.8 Å². The molecule has 2 rings (SSSR count). The maximum atomic E-state index is 12.1. The van der Waals surface area contributed by atoms with Crippen molar-refractivity contribution in [2.75, 3.05) is 12.4 Å². The van der Waals surface area contributed by atoms with Crippen LogP contribution >= 0.6 is 0 Å². The Kier molecular flexibility index (Phi) is 4.41. The maximum Gasteiger partial charge on any atom is 0.332 e. The van der Waals surface area contributed by atoms with Gasteiger partial charge >= 0.3 is 5.97 Å². The van der Waals surface area contributed by atoms with Crippen LogP contribution in [0.15, 0.2) is 48.5 Å². The van der Waals surface area contributed by atoms with E-state index in [4.69, 9.17) is 4.74 Å². The molecule has 1 atom stereocenters. The first-order valence-corrected chi connectivity index (χ1v) is 6.58. The third kappa shape index (κ3) is 3.18. The lowest BCUT2D eigenvalue weighted by molar-refractivity contribution is -0.141. The van der Waals surface area contributed by atoms with Gasteiger partial charge in [-0.3, -0.25) is 0 Å². The monoisotopic (exact) mass is 269 g/mol. The van der Waals surface area contributed by atoms with E-state index < -0.39 is 6.04 Å². The highest BCUT2D eigenvalue weighted by atomic mass is 16.5. The Labute approximate surface area is 119 Å². The Hall–Kier alpha value is -2.29. The fraction of sp³-hybridized carbons (Fsp3) is 0.235. The molecule has 1 unspecified atom stereocenters. The third-order valence-corrected chi connectivity index (χ3v) is 3.26. The van der Waals surface area contributed by atoms with Crippen LogP contribution in [-0.2, 0) is 9.53 Å². The molecule has 3 heteroatoms. The number of hydrogen-bond acceptors (Lipinski definition) is 3. The number of esters is 1. The second kappa shape index (κ2) is 6.24. The largest absolute Gasteiger partial charge is 0.467 e. The van der Waals surface area contributed by atoms with Gasteiger partial charge in [0.2, 0.25) is 0 Å². The lowest BCUT2D eigenvalue weighted by Crippen LogP contribution is -2.23. The van der Waals surface area contributed by atoms with E-state index in [-0.39, 0.29) is 5.97 Å². The van der Waals surface area contributed by atoms with Crippen LogP contribution in [-0.4, -0.2) is 13.1 Å². The van der Waals surface area contributed by atoms with Crippen molar-refractivity contribution in [2.45, 2.75) is 19.9 Å². The first-order valence-electron chi connectivity index (χ1n) is 6.58. The highest BCUT2D eigenvalue weighted by molar-refractivity contribution is 5.81. The summed E-state index contributed by atoms with van der Waals surface area (Å²) in [5.74, 6) is -0.291. The molecule has 2 aromatic carbocycles. The lowest BCUT2D eigenvalue weighted by Gasteiger charge is -2.20. The van der Waals surface area contributed by atoms with E-state index in [9.17, 15) is 4.79 Å². The van der Waals surface area contributed by atoms with Crippen LogP contribution in [0.5, 0.6) is 0 Å². The maximum absolute atomic E-state index is 12.1. The van der Waals surface area contributed by atoms with Gasteiger partial charge in [-0.15, -0.1) is 0 Å². The number of nitrogens with one attached hydrogen (secondary N) is 1. The molecule has 3 nitrogen and oxygen atoms in total. The summed E-state index contributed by atoms with van der Waals surface area (Å²) in [6, 6.07) is 15.2. The fourth-order valence-electron chi connectivity index (χ4n) is 2.23. The van der Waals surface area contributed by atoms with Crippen LogP contribution in [0.3, 0.4) is 0 Å². The van der Waals surface area contributed by atoms with Gasteiger partial charge < -0.3 is 10.1 Å². The minimum absolute atomic E-state index is 0.291. The second-order valence-electron chi connectivity index (χ2n) is 4.83. The van der Waals surface area contributed by atoms with Crippen molar-refractivity contribution in [3.8, 4) is 0 Å². The van der Waals surface area contributed by atoms with Crippen LogP contribution in [0.1, 0.15) is 22.7 Å². The van der Waals surface area contributed by atoms with E-state index in [1.54, 1.807) is 0 Å². The normalized spacial score (nSPS) is 11.8. The lowest BCUT2D eigenvalue weighted by atomic mass is 9.99. The molecule has 0 aliphatic carbocycles. The zero-order chi connectivity index (χ0) is 14.5. The summed E-state index contributed by atoms with van der Waals surface area (Å²) in [5, 5.41) is 3.23. The van der Waals surface area contributed by atoms with Crippen LogP contribution in [0.25, 0.3) is 0 Å². The predicted octanol–water partition coefficient (Wildman–Crippen LogP) is 3.63. The van der Waals surface area contributed by atoms with Crippen molar-refractivity contribution in [1.29, 1.82) is 0 Å². The molecule has 0 aliphatic rings. The number of benzene rings is 2. The number of anilines is 1. The molecule has 0 heterocycles. The molecule has 0 aliphatic heterocycles. The van der Waals surface area contributed by atoms with Gasteiger partial charge in [-0.2, -0.15) is 0 Å². The molecule has 2 aromatic rings. The van der Waals surface area contributed by atoms with Crippen LogP contribution in [0.4, 0.5) is 5.69 Å². The van der Waals surface area contributed by atoms with Gasteiger partial charge in [0.05, 0.1) is 7.11 Å². The quantitative estimate of drug-likeness (QED) is 0.861. The van der Waals surface area contributed by atoms with Crippen LogP contribution in [0.2, 0.25) is 0 Å². The first-order chi connectivity index (χ1) is 9.61. The predicted molar refractivity (Wildman–Crippen MR) is 80.7 cm³/mol. The van der Waals surface area contributed by atoms with Crippen LogP contribution < -0.4 is 5.32 Å². The first kappa shape index (κ1) is 14.1. The average molecular weight is 269 g/mol. The molecule has 0 saturated carbocycles. The summed E-state index contributed by atoms with van der Waals surface area (Å²) in [6.07, 6.45) is 0. The Morgan fingerprint density at radius 3 is 2.40 bits per heavy atom. The van der Waals surface area contributed by atoms with Gasteiger partial charge in [0.1, 0.15) is 0 Å². The molecular formula is C17H19NO2. The van der Waals surface area contributed by atoms with Crippen molar-refractivity contribution < 1.29 is 9.53 Å². The number of aryl methyl sites for hydroxylation is 2. The Morgan fingerprint density at radius 1 is 1.10 bits per heavy atom. The van der Waals surface area contributed by atoms with Crippen molar-refractivity contribution >= 4 is 11.7 Å². The number of para-hydroxylation sites is 1. The van der Waals surface area contributed by atoms with Gasteiger partial charge in [-0.05, 0) is 37.1 Å². The molecule has 0 amide bonds. The number of hydrogen-bond donors (Lipinski definition) is 1. The summed E-state index contributed by atoms with van der Waals surface area (Å²) in [5.41, 5.74) is 4.08. The van der Waals surface area contributed by atoms with E-state index >= 15 is 0 Å². The molecule has 0 radical (unpaired) electrons. The zero-order valence-electron chi connectivity index (χ0n) is 12.0. The summed E-state index contributed by atoms with van der Waals surface area (Å²) in [6.45, 7) is 4.04. The molecule has 20 heavy (non-hydrogen) atoms. The summed E-state index contributed by atoms with van der Waals surface area (Å²) < 4.78 is 4.92. The van der Waals surface area contributed by atoms with E-state index in [0.29, 0.717) is 0 Å². The Bertz CT molecular complexity index is 593. The number of carbonyl (C=O) groups excluding carboxylic acids is 1. The Balaban J connectivity index is 2.35. The molecule has 0 aromatic heterocycles. The third-order valence-electron chi connectivity index (χ3n) is 3.26. The van der Waals surface area contributed by atoms with Gasteiger partial charge in [-0.1, -0.05) is 42.0 Å². The van der Waals surface area contributed by atoms with E-state index in [1.165, 1.54) is 12.7 Å². The van der Waals surface area contributed by atoms with Gasteiger partial charge in [0.25, 0.3) is 0 Å².